The topological polar surface area (TPSA) is 101 Å². The molecule has 0 aromatic rings. The molecule has 2 N–H and O–H groups in total. The minimum absolute atomic E-state index is 0.0224. The monoisotopic (exact) mass is 325 g/mol. The van der Waals surface area contributed by atoms with Gasteiger partial charge in [-0.2, -0.15) is 0 Å². The molecule has 0 radical (unpaired) electrons. The third-order valence-electron chi connectivity index (χ3n) is 4.36. The van der Waals surface area contributed by atoms with Crippen molar-refractivity contribution in [1.29, 1.82) is 0 Å². The fourth-order valence-corrected chi connectivity index (χ4v) is 6.27. The molecule has 1 aliphatic carbocycles. The van der Waals surface area contributed by atoms with Gasteiger partial charge in [0.05, 0.1) is 22.9 Å². The third-order valence-corrected chi connectivity index (χ3v) is 7.99. The summed E-state index contributed by atoms with van der Waals surface area (Å²) in [5.74, 6) is -0.124. The average Bonchev–Trinajstić information content (AvgIpc) is 2.37. The smallest absolute Gasteiger partial charge is 0.214 e. The van der Waals surface area contributed by atoms with Crippen molar-refractivity contribution in [1.82, 2.24) is 4.72 Å². The predicted molar refractivity (Wildman–Crippen MR) is 76.6 cm³/mol. The Balaban J connectivity index is 1.88. The lowest BCUT2D eigenvalue weighted by Crippen LogP contribution is -2.43. The maximum Gasteiger partial charge on any atom is 0.214 e. The molecule has 0 amide bonds. The van der Waals surface area contributed by atoms with E-state index in [1.807, 2.05) is 0 Å². The zero-order valence-corrected chi connectivity index (χ0v) is 13.1. The van der Waals surface area contributed by atoms with Crippen LogP contribution in [0.1, 0.15) is 38.5 Å². The molecule has 1 saturated carbocycles. The Hall–Kier alpha value is -0.180. The summed E-state index contributed by atoms with van der Waals surface area (Å²) in [5, 5.41) is 9.21. The van der Waals surface area contributed by atoms with Gasteiger partial charge in [0.2, 0.25) is 10.0 Å². The van der Waals surface area contributed by atoms with Crippen molar-refractivity contribution < 1.29 is 21.9 Å². The van der Waals surface area contributed by atoms with Gasteiger partial charge in [-0.3, -0.25) is 0 Å². The van der Waals surface area contributed by atoms with Gasteiger partial charge >= 0.3 is 0 Å². The van der Waals surface area contributed by atoms with Crippen molar-refractivity contribution in [3.05, 3.63) is 0 Å². The highest BCUT2D eigenvalue weighted by molar-refractivity contribution is 7.92. The molecule has 0 spiro atoms. The Morgan fingerprint density at radius 2 is 1.65 bits per heavy atom. The number of sulfonamides is 1. The molecule has 2 aliphatic rings. The summed E-state index contributed by atoms with van der Waals surface area (Å²) in [5.41, 5.74) is 0. The summed E-state index contributed by atoms with van der Waals surface area (Å²) < 4.78 is 49.5. The van der Waals surface area contributed by atoms with Crippen LogP contribution in [0.5, 0.6) is 0 Å². The van der Waals surface area contributed by atoms with Crippen molar-refractivity contribution in [3.63, 3.8) is 0 Å². The molecule has 8 heteroatoms. The number of nitrogens with one attached hydrogen (secondary N) is 1. The zero-order valence-electron chi connectivity index (χ0n) is 11.5. The van der Waals surface area contributed by atoms with Gasteiger partial charge in [0.1, 0.15) is 9.84 Å². The Labute approximate surface area is 120 Å². The number of aliphatic hydroxyl groups excluding tert-OH is 1. The van der Waals surface area contributed by atoms with E-state index in [2.05, 4.69) is 4.72 Å². The summed E-state index contributed by atoms with van der Waals surface area (Å²) in [6.45, 7) is 0.257. The van der Waals surface area contributed by atoms with E-state index in [0.717, 1.165) is 25.7 Å². The minimum Gasteiger partial charge on any atom is -0.393 e. The Morgan fingerprint density at radius 3 is 2.25 bits per heavy atom. The van der Waals surface area contributed by atoms with Gasteiger partial charge in [0.25, 0.3) is 0 Å². The van der Waals surface area contributed by atoms with E-state index in [1.165, 1.54) is 0 Å². The molecule has 2 rings (SSSR count). The predicted octanol–water partition coefficient (Wildman–Crippen LogP) is 0.0341. The first-order valence-corrected chi connectivity index (χ1v) is 10.5. The number of rotatable bonds is 4. The first-order chi connectivity index (χ1) is 9.30. The molecule has 2 fully saturated rings. The molecule has 2 unspecified atom stereocenters. The standard InChI is InChI=1S/C12H23NO5S2/c14-12-4-2-1-3-10(12)9-13-20(17,18)11-5-7-19(15,16)8-6-11/h10-14H,1-9H2. The fourth-order valence-electron chi connectivity index (χ4n) is 2.95. The molecule has 0 aromatic carbocycles. The van der Waals surface area contributed by atoms with E-state index in [1.54, 1.807) is 0 Å². The van der Waals surface area contributed by atoms with Gasteiger partial charge in [-0.25, -0.2) is 21.6 Å². The van der Waals surface area contributed by atoms with Gasteiger partial charge in [-0.05, 0) is 31.6 Å². The van der Waals surface area contributed by atoms with Crippen molar-refractivity contribution in [2.45, 2.75) is 49.9 Å². The highest BCUT2D eigenvalue weighted by Gasteiger charge is 2.33. The van der Waals surface area contributed by atoms with Crippen LogP contribution in [-0.4, -0.2) is 51.3 Å². The van der Waals surface area contributed by atoms with Crippen LogP contribution < -0.4 is 4.72 Å². The number of hydrogen-bond donors (Lipinski definition) is 2. The van der Waals surface area contributed by atoms with Crippen LogP contribution in [0.25, 0.3) is 0 Å². The third kappa shape index (κ3) is 4.16. The van der Waals surface area contributed by atoms with E-state index in [-0.39, 0.29) is 36.8 Å². The lowest BCUT2D eigenvalue weighted by Gasteiger charge is -2.29. The van der Waals surface area contributed by atoms with Crippen LogP contribution in [0.15, 0.2) is 0 Å². The van der Waals surface area contributed by atoms with Crippen molar-refractivity contribution in [2.75, 3.05) is 18.1 Å². The van der Waals surface area contributed by atoms with E-state index < -0.39 is 31.2 Å². The van der Waals surface area contributed by atoms with Crippen LogP contribution in [0.3, 0.4) is 0 Å². The second-order valence-corrected chi connectivity index (χ2v) is 10.2. The van der Waals surface area contributed by atoms with Gasteiger partial charge in [0.15, 0.2) is 0 Å². The first kappa shape index (κ1) is 16.2. The number of hydrogen-bond acceptors (Lipinski definition) is 5. The number of aliphatic hydroxyl groups is 1. The van der Waals surface area contributed by atoms with E-state index in [0.29, 0.717) is 0 Å². The summed E-state index contributed by atoms with van der Waals surface area (Å²) in [6, 6.07) is 0. The largest absolute Gasteiger partial charge is 0.393 e. The molecule has 118 valence electrons. The quantitative estimate of drug-likeness (QED) is 0.760. The molecular formula is C12H23NO5S2. The lowest BCUT2D eigenvalue weighted by molar-refractivity contribution is 0.0724. The molecule has 6 nitrogen and oxygen atoms in total. The second-order valence-electron chi connectivity index (χ2n) is 5.86. The molecular weight excluding hydrogens is 302 g/mol. The maximum atomic E-state index is 12.2. The molecule has 2 atom stereocenters. The van der Waals surface area contributed by atoms with Gasteiger partial charge < -0.3 is 5.11 Å². The average molecular weight is 325 g/mol. The zero-order chi connectivity index (χ0) is 14.8. The van der Waals surface area contributed by atoms with E-state index >= 15 is 0 Å². The summed E-state index contributed by atoms with van der Waals surface area (Å²) >= 11 is 0. The Bertz CT molecular complexity index is 514. The highest BCUT2D eigenvalue weighted by atomic mass is 32.2. The van der Waals surface area contributed by atoms with Crippen LogP contribution in [0.2, 0.25) is 0 Å². The lowest BCUT2D eigenvalue weighted by atomic mass is 9.87. The molecule has 1 aliphatic heterocycles. The van der Waals surface area contributed by atoms with E-state index in [9.17, 15) is 21.9 Å². The Morgan fingerprint density at radius 1 is 1.05 bits per heavy atom. The van der Waals surface area contributed by atoms with Crippen molar-refractivity contribution in [3.8, 4) is 0 Å². The normalized spacial score (nSPS) is 32.0. The van der Waals surface area contributed by atoms with Crippen molar-refractivity contribution >= 4 is 19.9 Å². The molecule has 0 aromatic heterocycles. The van der Waals surface area contributed by atoms with Crippen molar-refractivity contribution in [2.24, 2.45) is 5.92 Å². The minimum atomic E-state index is -3.48. The van der Waals surface area contributed by atoms with Crippen LogP contribution in [0.4, 0.5) is 0 Å². The van der Waals surface area contributed by atoms with Gasteiger partial charge in [-0.15, -0.1) is 0 Å². The SMILES string of the molecule is O=S1(=O)CCC(S(=O)(=O)NCC2CCCCC2O)CC1. The van der Waals surface area contributed by atoms with E-state index in [4.69, 9.17) is 0 Å². The van der Waals surface area contributed by atoms with Gasteiger partial charge in [-0.1, -0.05) is 12.8 Å². The summed E-state index contributed by atoms with van der Waals surface area (Å²) in [7, 11) is -6.53. The second kappa shape index (κ2) is 6.29. The van der Waals surface area contributed by atoms with Crippen LogP contribution in [0, 0.1) is 5.92 Å². The maximum absolute atomic E-state index is 12.2. The molecule has 0 bridgehead atoms. The first-order valence-electron chi connectivity index (χ1n) is 7.17. The summed E-state index contributed by atoms with van der Waals surface area (Å²) in [4.78, 5) is 0. The molecule has 1 saturated heterocycles. The number of sulfone groups is 1. The van der Waals surface area contributed by atoms with Crippen LogP contribution >= 0.6 is 0 Å². The molecule has 20 heavy (non-hydrogen) atoms. The highest BCUT2D eigenvalue weighted by Crippen LogP contribution is 2.24. The fraction of sp³-hybridized carbons (Fsp3) is 1.00. The molecule has 1 heterocycles. The van der Waals surface area contributed by atoms with Crippen LogP contribution in [-0.2, 0) is 19.9 Å². The van der Waals surface area contributed by atoms with Gasteiger partial charge in [0, 0.05) is 6.54 Å². The summed E-state index contributed by atoms with van der Waals surface area (Å²) in [6.07, 6.45) is 3.49. The Kier molecular flexibility index (Phi) is 5.09.